The van der Waals surface area contributed by atoms with Crippen molar-refractivity contribution in [1.82, 2.24) is 30.1 Å². The number of amides is 1. The summed E-state index contributed by atoms with van der Waals surface area (Å²) in [4.78, 5) is 15.8. The molecule has 0 bridgehead atoms. The number of aromatic nitrogens is 5. The van der Waals surface area contributed by atoms with E-state index in [1.54, 1.807) is 6.07 Å². The molecule has 10 nitrogen and oxygen atoms in total. The zero-order valence-electron chi connectivity index (χ0n) is 19.5. The molecular weight excluding hydrogens is 486 g/mol. The van der Waals surface area contributed by atoms with Crippen LogP contribution in [0.5, 0.6) is 0 Å². The van der Waals surface area contributed by atoms with E-state index >= 15 is 4.39 Å². The number of methoxy groups -OCH3 is 1. The lowest BCUT2D eigenvalue weighted by molar-refractivity contribution is -0.141. The smallest absolute Gasteiger partial charge is 0.434 e. The second-order valence-electron chi connectivity index (χ2n) is 9.46. The van der Waals surface area contributed by atoms with Crippen molar-refractivity contribution in [2.45, 2.75) is 69.1 Å². The molecule has 0 aromatic carbocycles. The number of fused-ring (bicyclic) bond motifs is 1. The molecule has 2 aliphatic carbocycles. The summed E-state index contributed by atoms with van der Waals surface area (Å²) in [6.07, 6.45) is -4.42. The Kier molecular flexibility index (Phi) is 6.01. The highest BCUT2D eigenvalue weighted by molar-refractivity contribution is 5.73. The van der Waals surface area contributed by atoms with Crippen LogP contribution in [0.15, 0.2) is 18.3 Å². The number of alkyl halides is 4. The standard InChI is InChI=1S/C22H25F4N7O3/c1-21(5-6-21)29-20(34)36-15-4-3-12(18(15)23)13-8-17(31-30-13)28-19-14-7-11(10-35-2)32-33(14)9-16(27-19)22(24,25)26/h7-9,12,15,18H,3-6,10H2,1-2H3,(H,29,34)(H2,27,28,30,31)/t12-,15-,18+/m0/s1. The average molecular weight is 511 g/mol. The molecule has 36 heavy (non-hydrogen) atoms. The lowest BCUT2D eigenvalue weighted by atomic mass is 10.0. The quantitative estimate of drug-likeness (QED) is 0.407. The predicted octanol–water partition coefficient (Wildman–Crippen LogP) is 4.22. The predicted molar refractivity (Wildman–Crippen MR) is 118 cm³/mol. The number of ether oxygens (including phenoxy) is 2. The van der Waals surface area contributed by atoms with Crippen LogP contribution < -0.4 is 10.6 Å². The van der Waals surface area contributed by atoms with Crippen LogP contribution in [0.3, 0.4) is 0 Å². The van der Waals surface area contributed by atoms with E-state index in [1.807, 2.05) is 6.92 Å². The van der Waals surface area contributed by atoms with Crippen molar-refractivity contribution in [2.24, 2.45) is 0 Å². The molecule has 1 amide bonds. The van der Waals surface area contributed by atoms with Crippen LogP contribution in [0, 0.1) is 0 Å². The van der Waals surface area contributed by atoms with Crippen LogP contribution in [0.4, 0.5) is 34.0 Å². The normalized spacial score (nSPS) is 23.1. The van der Waals surface area contributed by atoms with Gasteiger partial charge in [0.1, 0.15) is 17.8 Å². The molecule has 3 aromatic heterocycles. The fraction of sp³-hybridized carbons (Fsp3) is 0.545. The summed E-state index contributed by atoms with van der Waals surface area (Å²) in [5.41, 5.74) is -0.275. The van der Waals surface area contributed by atoms with Gasteiger partial charge in [-0.25, -0.2) is 18.7 Å². The van der Waals surface area contributed by atoms with E-state index < -0.39 is 36.2 Å². The zero-order valence-corrected chi connectivity index (χ0v) is 19.5. The molecule has 3 N–H and O–H groups in total. The summed E-state index contributed by atoms with van der Waals surface area (Å²) in [5, 5.41) is 16.4. The van der Waals surface area contributed by atoms with Crippen molar-refractivity contribution in [1.29, 1.82) is 0 Å². The lowest BCUT2D eigenvalue weighted by Gasteiger charge is -2.19. The first kappa shape index (κ1) is 24.3. The lowest BCUT2D eigenvalue weighted by Crippen LogP contribution is -2.38. The van der Waals surface area contributed by atoms with Crippen molar-refractivity contribution in [3.05, 3.63) is 35.4 Å². The minimum absolute atomic E-state index is 0.106. The van der Waals surface area contributed by atoms with Gasteiger partial charge in [0.15, 0.2) is 17.3 Å². The summed E-state index contributed by atoms with van der Waals surface area (Å²) < 4.78 is 66.7. The van der Waals surface area contributed by atoms with E-state index in [-0.39, 0.29) is 29.3 Å². The number of H-pyrrole nitrogens is 1. The topological polar surface area (TPSA) is 118 Å². The van der Waals surface area contributed by atoms with Gasteiger partial charge in [0.2, 0.25) is 0 Å². The molecule has 3 heterocycles. The molecule has 3 aromatic rings. The van der Waals surface area contributed by atoms with Crippen LogP contribution in [0.1, 0.15) is 55.6 Å². The Morgan fingerprint density at radius 1 is 1.31 bits per heavy atom. The molecule has 0 unspecified atom stereocenters. The average Bonchev–Trinajstić information content (AvgIpc) is 3.14. The van der Waals surface area contributed by atoms with Crippen LogP contribution in [0.2, 0.25) is 0 Å². The first-order chi connectivity index (χ1) is 17.0. The number of rotatable bonds is 7. The number of hydrogen-bond acceptors (Lipinski definition) is 7. The third-order valence-electron chi connectivity index (χ3n) is 6.50. The van der Waals surface area contributed by atoms with Crippen molar-refractivity contribution in [3.63, 3.8) is 0 Å². The largest absolute Gasteiger partial charge is 0.443 e. The van der Waals surface area contributed by atoms with Crippen molar-refractivity contribution < 1.29 is 31.8 Å². The number of aromatic amines is 1. The minimum atomic E-state index is -4.70. The van der Waals surface area contributed by atoms with E-state index in [2.05, 4.69) is 30.9 Å². The van der Waals surface area contributed by atoms with Crippen LogP contribution in [0.25, 0.3) is 5.52 Å². The third kappa shape index (κ3) is 4.94. The molecule has 2 saturated carbocycles. The summed E-state index contributed by atoms with van der Waals surface area (Å²) >= 11 is 0. The van der Waals surface area contributed by atoms with Crippen LogP contribution >= 0.6 is 0 Å². The van der Waals surface area contributed by atoms with Gasteiger partial charge >= 0.3 is 12.3 Å². The molecule has 0 saturated heterocycles. The molecule has 14 heteroatoms. The Morgan fingerprint density at radius 2 is 2.08 bits per heavy atom. The Hall–Kier alpha value is -3.42. The van der Waals surface area contributed by atoms with E-state index in [4.69, 9.17) is 9.47 Å². The molecule has 0 aliphatic heterocycles. The number of hydrogen-bond donors (Lipinski definition) is 3. The SMILES string of the molecule is COCc1cc2c(Nc3cc([C@@H]4CC[C@H](OC(=O)NC5(C)CC5)[C@@H]4F)[nH]n3)nc(C(F)(F)F)cn2n1. The number of nitrogens with zero attached hydrogens (tertiary/aromatic N) is 4. The maximum Gasteiger partial charge on any atom is 0.434 e. The van der Waals surface area contributed by atoms with Gasteiger partial charge in [-0.15, -0.1) is 0 Å². The summed E-state index contributed by atoms with van der Waals surface area (Å²) in [6, 6.07) is 3.06. The number of alkyl carbamates (subject to hydrolysis) is 1. The Balaban J connectivity index is 1.32. The first-order valence-corrected chi connectivity index (χ1v) is 11.5. The molecular formula is C22H25F4N7O3. The maximum absolute atomic E-state index is 15.1. The van der Waals surface area contributed by atoms with Crippen LogP contribution in [-0.2, 0) is 22.3 Å². The second kappa shape index (κ2) is 8.91. The van der Waals surface area contributed by atoms with Gasteiger partial charge in [-0.3, -0.25) is 5.10 Å². The third-order valence-corrected chi connectivity index (χ3v) is 6.50. The molecule has 5 rings (SSSR count). The highest BCUT2D eigenvalue weighted by atomic mass is 19.4. The van der Waals surface area contributed by atoms with Crippen LogP contribution in [-0.4, -0.2) is 55.8 Å². The van der Waals surface area contributed by atoms with Gasteiger partial charge in [-0.2, -0.15) is 23.4 Å². The monoisotopic (exact) mass is 511 g/mol. The Bertz CT molecular complexity index is 1270. The van der Waals surface area contributed by atoms with E-state index in [0.717, 1.165) is 23.6 Å². The molecule has 2 aliphatic rings. The zero-order chi connectivity index (χ0) is 25.7. The second-order valence-corrected chi connectivity index (χ2v) is 9.46. The fourth-order valence-corrected chi connectivity index (χ4v) is 4.30. The molecule has 194 valence electrons. The fourth-order valence-electron chi connectivity index (χ4n) is 4.30. The van der Waals surface area contributed by atoms with Gasteiger partial charge < -0.3 is 20.1 Å². The number of carbonyl (C=O) groups excluding carboxylic acids is 1. The van der Waals surface area contributed by atoms with Gasteiger partial charge in [-0.1, -0.05) is 0 Å². The molecule has 0 radical (unpaired) electrons. The summed E-state index contributed by atoms with van der Waals surface area (Å²) in [6.45, 7) is 2.00. The van der Waals surface area contributed by atoms with Crippen molar-refractivity contribution in [3.8, 4) is 0 Å². The van der Waals surface area contributed by atoms with E-state index in [0.29, 0.717) is 24.2 Å². The van der Waals surface area contributed by atoms with Crippen molar-refractivity contribution in [2.75, 3.05) is 12.4 Å². The number of anilines is 2. The highest BCUT2D eigenvalue weighted by Gasteiger charge is 2.43. The van der Waals surface area contributed by atoms with Crippen molar-refractivity contribution >= 4 is 23.2 Å². The van der Waals surface area contributed by atoms with Gasteiger partial charge in [0.25, 0.3) is 0 Å². The van der Waals surface area contributed by atoms with E-state index in [9.17, 15) is 18.0 Å². The minimum Gasteiger partial charge on any atom is -0.443 e. The highest BCUT2D eigenvalue weighted by Crippen LogP contribution is 2.40. The molecule has 2 fully saturated rings. The summed E-state index contributed by atoms with van der Waals surface area (Å²) in [5.74, 6) is -0.572. The maximum atomic E-state index is 15.1. The molecule has 0 spiro atoms. The molecule has 3 atom stereocenters. The number of carbonyl (C=O) groups is 1. The number of nitrogens with one attached hydrogen (secondary N) is 3. The van der Waals surface area contributed by atoms with E-state index in [1.165, 1.54) is 13.2 Å². The number of halogens is 4. The first-order valence-electron chi connectivity index (χ1n) is 11.5. The summed E-state index contributed by atoms with van der Waals surface area (Å²) in [7, 11) is 1.45. The Labute approximate surface area is 202 Å². The van der Waals surface area contributed by atoms with Gasteiger partial charge in [-0.05, 0) is 38.7 Å². The van der Waals surface area contributed by atoms with Gasteiger partial charge in [0.05, 0.1) is 18.5 Å². The van der Waals surface area contributed by atoms with Gasteiger partial charge in [0, 0.05) is 30.3 Å². The Morgan fingerprint density at radius 3 is 2.78 bits per heavy atom.